The fourth-order valence-electron chi connectivity index (χ4n) is 3.33. The van der Waals surface area contributed by atoms with Gasteiger partial charge in [0.1, 0.15) is 24.4 Å². The summed E-state index contributed by atoms with van der Waals surface area (Å²) in [6.07, 6.45) is -3.99. The molecule has 5 N–H and O–H groups in total. The van der Waals surface area contributed by atoms with Crippen LogP contribution in [0.25, 0.3) is 0 Å². The molecule has 0 aliphatic carbocycles. The Hall–Kier alpha value is -1.97. The Kier molecular flexibility index (Phi) is 6.69. The van der Waals surface area contributed by atoms with Crippen LogP contribution in [-0.4, -0.2) is 67.9 Å². The Bertz CT molecular complexity index is 761. The van der Waals surface area contributed by atoms with Crippen LogP contribution in [0.3, 0.4) is 0 Å². The summed E-state index contributed by atoms with van der Waals surface area (Å²) < 4.78 is 11.1. The average Bonchev–Trinajstić information content (AvgIpc) is 3.03. The first-order valence-corrected chi connectivity index (χ1v) is 9.53. The van der Waals surface area contributed by atoms with Gasteiger partial charge in [-0.2, -0.15) is 0 Å². The molecule has 0 saturated carbocycles. The molecule has 8 heteroatoms. The lowest BCUT2D eigenvalue weighted by Crippen LogP contribution is -2.60. The minimum absolute atomic E-state index is 0.250. The van der Waals surface area contributed by atoms with Crippen molar-refractivity contribution >= 4 is 0 Å². The van der Waals surface area contributed by atoms with E-state index in [1.165, 1.54) is 5.56 Å². The Balaban J connectivity index is 1.75. The quantitative estimate of drug-likeness (QED) is 0.462. The average molecular weight is 392 g/mol. The van der Waals surface area contributed by atoms with E-state index in [4.69, 9.17) is 9.47 Å². The van der Waals surface area contributed by atoms with Crippen molar-refractivity contribution in [3.05, 3.63) is 46.6 Å². The van der Waals surface area contributed by atoms with Gasteiger partial charge in [0, 0.05) is 17.7 Å². The molecule has 0 spiro atoms. The van der Waals surface area contributed by atoms with Crippen molar-refractivity contribution in [2.24, 2.45) is 0 Å². The lowest BCUT2D eigenvalue weighted by Gasteiger charge is -2.39. The summed E-state index contributed by atoms with van der Waals surface area (Å²) in [7, 11) is 0. The maximum absolute atomic E-state index is 10.2. The lowest BCUT2D eigenvalue weighted by molar-refractivity contribution is -0.278. The van der Waals surface area contributed by atoms with Gasteiger partial charge in [-0.3, -0.25) is 5.10 Å². The van der Waals surface area contributed by atoms with E-state index < -0.39 is 37.3 Å². The zero-order valence-corrected chi connectivity index (χ0v) is 16.1. The summed E-state index contributed by atoms with van der Waals surface area (Å²) in [5, 5.41) is 46.3. The third-order valence-corrected chi connectivity index (χ3v) is 5.05. The molecule has 0 amide bonds. The van der Waals surface area contributed by atoms with Crippen LogP contribution in [0, 0.1) is 6.92 Å². The maximum atomic E-state index is 10.2. The molecular weight excluding hydrogens is 364 g/mol. The molecule has 0 bridgehead atoms. The number of nitrogens with one attached hydrogen (secondary N) is 1. The van der Waals surface area contributed by atoms with Gasteiger partial charge in [0.15, 0.2) is 0 Å². The molecule has 0 unspecified atom stereocenters. The van der Waals surface area contributed by atoms with Gasteiger partial charge in [-0.15, -0.1) is 5.10 Å². The first kappa shape index (κ1) is 20.8. The van der Waals surface area contributed by atoms with Crippen LogP contribution in [-0.2, 0) is 17.6 Å². The van der Waals surface area contributed by atoms with E-state index in [2.05, 4.69) is 41.4 Å². The third kappa shape index (κ3) is 4.37. The number of aromatic amines is 1. The molecule has 2 aromatic rings. The van der Waals surface area contributed by atoms with Crippen molar-refractivity contribution in [2.75, 3.05) is 6.61 Å². The normalized spacial score (nSPS) is 27.7. The van der Waals surface area contributed by atoms with Crippen LogP contribution in [0.15, 0.2) is 24.3 Å². The second-order valence-corrected chi connectivity index (χ2v) is 7.19. The molecule has 1 aromatic heterocycles. The molecule has 8 nitrogen and oxygen atoms in total. The molecule has 154 valence electrons. The molecule has 5 atom stereocenters. The number of benzene rings is 1. The number of aryl methyl sites for hydroxylation is 2. The molecule has 0 radical (unpaired) electrons. The molecule has 1 fully saturated rings. The molecule has 3 rings (SSSR count). The van der Waals surface area contributed by atoms with E-state index in [1.54, 1.807) is 0 Å². The second kappa shape index (κ2) is 9.02. The largest absolute Gasteiger partial charge is 0.443 e. The predicted octanol–water partition coefficient (Wildman–Crippen LogP) is 0.440. The van der Waals surface area contributed by atoms with E-state index >= 15 is 0 Å². The number of hydrogen-bond acceptors (Lipinski definition) is 7. The standard InChI is InChI=1S/C20H28N2O6/c1-3-4-12-5-7-13(8-6-12)9-14-11(2)21-22-19(14)28-20-18(26)17(25)16(24)15(10-23)27-20/h5-8,15-18,20,23-26H,3-4,9-10H2,1-2H3,(H,21,22)/t15-,16-,17+,18-,20+/m1/s1. The Morgan fingerprint density at radius 1 is 1.07 bits per heavy atom. The van der Waals surface area contributed by atoms with Gasteiger partial charge in [-0.05, 0) is 24.5 Å². The highest BCUT2D eigenvalue weighted by atomic mass is 16.7. The van der Waals surface area contributed by atoms with Crippen molar-refractivity contribution < 1.29 is 29.9 Å². The lowest BCUT2D eigenvalue weighted by atomic mass is 9.99. The summed E-state index contributed by atoms with van der Waals surface area (Å²) in [6, 6.07) is 8.34. The minimum atomic E-state index is -1.49. The molecule has 2 heterocycles. The zero-order valence-electron chi connectivity index (χ0n) is 16.1. The molecule has 28 heavy (non-hydrogen) atoms. The predicted molar refractivity (Wildman–Crippen MR) is 101 cm³/mol. The fourth-order valence-corrected chi connectivity index (χ4v) is 3.33. The summed E-state index contributed by atoms with van der Waals surface area (Å²) in [5.74, 6) is 0.250. The Morgan fingerprint density at radius 2 is 1.75 bits per heavy atom. The van der Waals surface area contributed by atoms with E-state index in [9.17, 15) is 20.4 Å². The summed E-state index contributed by atoms with van der Waals surface area (Å²) in [4.78, 5) is 0. The summed E-state index contributed by atoms with van der Waals surface area (Å²) in [5.41, 5.74) is 3.99. The fraction of sp³-hybridized carbons (Fsp3) is 0.550. The second-order valence-electron chi connectivity index (χ2n) is 7.19. The highest BCUT2D eigenvalue weighted by molar-refractivity contribution is 5.36. The van der Waals surface area contributed by atoms with Crippen molar-refractivity contribution in [1.29, 1.82) is 0 Å². The monoisotopic (exact) mass is 392 g/mol. The van der Waals surface area contributed by atoms with Crippen molar-refractivity contribution in [3.8, 4) is 5.88 Å². The summed E-state index contributed by atoms with van der Waals surface area (Å²) in [6.45, 7) is 3.50. The van der Waals surface area contributed by atoms with Gasteiger partial charge in [0.25, 0.3) is 0 Å². The number of hydrogen-bond donors (Lipinski definition) is 5. The maximum Gasteiger partial charge on any atom is 0.238 e. The van der Waals surface area contributed by atoms with Crippen LogP contribution in [0.5, 0.6) is 5.88 Å². The van der Waals surface area contributed by atoms with Gasteiger partial charge in [-0.1, -0.05) is 37.6 Å². The minimum Gasteiger partial charge on any atom is -0.443 e. The number of aliphatic hydroxyl groups is 4. The van der Waals surface area contributed by atoms with Crippen LogP contribution >= 0.6 is 0 Å². The number of rotatable bonds is 7. The summed E-state index contributed by atoms with van der Waals surface area (Å²) >= 11 is 0. The first-order chi connectivity index (χ1) is 13.4. The topological polar surface area (TPSA) is 128 Å². The molecular formula is C20H28N2O6. The van der Waals surface area contributed by atoms with E-state index in [0.717, 1.165) is 29.7 Å². The highest BCUT2D eigenvalue weighted by Crippen LogP contribution is 2.28. The van der Waals surface area contributed by atoms with Crippen molar-refractivity contribution in [3.63, 3.8) is 0 Å². The van der Waals surface area contributed by atoms with Crippen LogP contribution in [0.2, 0.25) is 0 Å². The van der Waals surface area contributed by atoms with E-state index in [0.29, 0.717) is 6.42 Å². The number of aliphatic hydroxyl groups excluding tert-OH is 4. The third-order valence-electron chi connectivity index (χ3n) is 5.05. The molecule has 1 aliphatic heterocycles. The van der Waals surface area contributed by atoms with Crippen LogP contribution in [0.1, 0.15) is 35.7 Å². The van der Waals surface area contributed by atoms with Gasteiger partial charge in [0.05, 0.1) is 6.61 Å². The van der Waals surface area contributed by atoms with Gasteiger partial charge in [-0.25, -0.2) is 0 Å². The number of ether oxygens (including phenoxy) is 2. The molecule has 1 aromatic carbocycles. The number of nitrogens with zero attached hydrogens (tertiary/aromatic N) is 1. The SMILES string of the molecule is CCCc1ccc(Cc2c(O[C@@H]3O[C@H](CO)[C@@H](O)[C@H](O)[C@H]3O)n[nH]c2C)cc1. The molecule has 1 aliphatic rings. The highest BCUT2D eigenvalue weighted by Gasteiger charge is 2.45. The first-order valence-electron chi connectivity index (χ1n) is 9.53. The van der Waals surface area contributed by atoms with Crippen LogP contribution in [0.4, 0.5) is 0 Å². The number of H-pyrrole nitrogens is 1. The molecule has 1 saturated heterocycles. The van der Waals surface area contributed by atoms with Gasteiger partial charge >= 0.3 is 0 Å². The van der Waals surface area contributed by atoms with Gasteiger partial charge < -0.3 is 29.9 Å². The zero-order chi connectivity index (χ0) is 20.3. The number of aromatic nitrogens is 2. The Labute approximate surface area is 163 Å². The Morgan fingerprint density at radius 3 is 2.39 bits per heavy atom. The van der Waals surface area contributed by atoms with Crippen molar-refractivity contribution in [2.45, 2.75) is 63.8 Å². The smallest absolute Gasteiger partial charge is 0.238 e. The van der Waals surface area contributed by atoms with Crippen molar-refractivity contribution in [1.82, 2.24) is 10.2 Å². The van der Waals surface area contributed by atoms with E-state index in [-0.39, 0.29) is 5.88 Å². The van der Waals surface area contributed by atoms with E-state index in [1.807, 2.05) is 6.92 Å². The van der Waals surface area contributed by atoms with Crippen LogP contribution < -0.4 is 4.74 Å². The van der Waals surface area contributed by atoms with Gasteiger partial charge in [0.2, 0.25) is 12.2 Å².